The van der Waals surface area contributed by atoms with Crippen LogP contribution in [0.15, 0.2) is 33.1 Å². The lowest BCUT2D eigenvalue weighted by Crippen LogP contribution is -2.14. The molecule has 21 heavy (non-hydrogen) atoms. The smallest absolute Gasteiger partial charge is 0.335 e. The third-order valence-electron chi connectivity index (χ3n) is 2.40. The first-order valence-electron chi connectivity index (χ1n) is 5.39. The Balaban J connectivity index is 2.42. The molecule has 10 heteroatoms. The molecule has 0 atom stereocenters. The first-order chi connectivity index (χ1) is 9.83. The Hall–Kier alpha value is -1.65. The van der Waals surface area contributed by atoms with Gasteiger partial charge in [-0.3, -0.25) is 4.72 Å². The van der Waals surface area contributed by atoms with E-state index in [1.165, 1.54) is 25.4 Å². The number of ether oxygens (including phenoxy) is 1. The molecule has 0 bridgehead atoms. The molecule has 112 valence electrons. The molecule has 0 fully saturated rings. The van der Waals surface area contributed by atoms with Crippen molar-refractivity contribution in [1.29, 1.82) is 0 Å². The number of anilines is 1. The molecule has 0 aliphatic heterocycles. The fourth-order valence-electron chi connectivity index (χ4n) is 1.49. The molecule has 1 aromatic heterocycles. The van der Waals surface area contributed by atoms with Crippen LogP contribution in [0.1, 0.15) is 10.4 Å². The van der Waals surface area contributed by atoms with Gasteiger partial charge in [0.1, 0.15) is 10.6 Å². The number of methoxy groups -OCH3 is 1. The zero-order valence-electron chi connectivity index (χ0n) is 10.5. The highest BCUT2D eigenvalue weighted by Gasteiger charge is 2.22. The Kier molecular flexibility index (Phi) is 4.49. The van der Waals surface area contributed by atoms with Crippen LogP contribution in [-0.2, 0) is 10.0 Å². The van der Waals surface area contributed by atoms with Crippen molar-refractivity contribution in [3.8, 4) is 5.75 Å². The van der Waals surface area contributed by atoms with Crippen LogP contribution in [0, 0.1) is 0 Å². The summed E-state index contributed by atoms with van der Waals surface area (Å²) in [5.41, 5.74) is -0.0669. The minimum Gasteiger partial charge on any atom is -0.495 e. The van der Waals surface area contributed by atoms with Gasteiger partial charge in [0.2, 0.25) is 0 Å². The van der Waals surface area contributed by atoms with E-state index >= 15 is 0 Å². The van der Waals surface area contributed by atoms with Gasteiger partial charge < -0.3 is 9.84 Å². The molecule has 0 aliphatic rings. The topological polar surface area (TPSA) is 106 Å². The second-order valence-corrected chi connectivity index (χ2v) is 7.81. The summed E-state index contributed by atoms with van der Waals surface area (Å²) < 4.78 is 32.5. The standard InChI is InChI=1S/C11H9BrN2O5S2/c1-19-7-4-6(10(15)16)2-3-8(7)21(17,18)14-11-13-5-9(12)20-11/h2-5H,1H3,(H,13,14)(H,15,16). The second-order valence-electron chi connectivity index (χ2n) is 3.75. The van der Waals surface area contributed by atoms with Crippen molar-refractivity contribution in [3.05, 3.63) is 33.7 Å². The highest BCUT2D eigenvalue weighted by atomic mass is 79.9. The molecule has 0 saturated heterocycles. The maximum absolute atomic E-state index is 12.3. The number of thiazole rings is 1. The van der Waals surface area contributed by atoms with Gasteiger partial charge in [0.15, 0.2) is 5.13 Å². The van der Waals surface area contributed by atoms with E-state index in [-0.39, 0.29) is 21.3 Å². The number of hydrogen-bond donors (Lipinski definition) is 2. The number of nitrogens with zero attached hydrogens (tertiary/aromatic N) is 1. The Morgan fingerprint density at radius 3 is 2.71 bits per heavy atom. The van der Waals surface area contributed by atoms with Crippen molar-refractivity contribution >= 4 is 48.4 Å². The van der Waals surface area contributed by atoms with Gasteiger partial charge in [-0.15, -0.1) is 0 Å². The minimum absolute atomic E-state index is 0.0574. The van der Waals surface area contributed by atoms with Crippen molar-refractivity contribution in [1.82, 2.24) is 4.98 Å². The van der Waals surface area contributed by atoms with Crippen molar-refractivity contribution in [3.63, 3.8) is 0 Å². The monoisotopic (exact) mass is 392 g/mol. The summed E-state index contributed by atoms with van der Waals surface area (Å²) in [7, 11) is -2.66. The summed E-state index contributed by atoms with van der Waals surface area (Å²) in [5.74, 6) is -1.23. The maximum Gasteiger partial charge on any atom is 0.335 e. The predicted octanol–water partition coefficient (Wildman–Crippen LogP) is 2.41. The number of carboxylic acids is 1. The van der Waals surface area contributed by atoms with Crippen LogP contribution < -0.4 is 9.46 Å². The fourth-order valence-corrected chi connectivity index (χ4v) is 3.99. The highest BCUT2D eigenvalue weighted by molar-refractivity contribution is 9.11. The number of aromatic carboxylic acids is 1. The highest BCUT2D eigenvalue weighted by Crippen LogP contribution is 2.29. The van der Waals surface area contributed by atoms with E-state index in [0.29, 0.717) is 3.79 Å². The molecule has 7 nitrogen and oxygen atoms in total. The average molecular weight is 393 g/mol. The molecule has 2 aromatic rings. The zero-order chi connectivity index (χ0) is 15.6. The van der Waals surface area contributed by atoms with Crippen LogP contribution in [0.5, 0.6) is 5.75 Å². The Morgan fingerprint density at radius 2 is 2.19 bits per heavy atom. The number of sulfonamides is 1. The lowest BCUT2D eigenvalue weighted by atomic mass is 10.2. The van der Waals surface area contributed by atoms with Crippen LogP contribution >= 0.6 is 27.3 Å². The Bertz CT molecular complexity index is 788. The molecular formula is C11H9BrN2O5S2. The van der Waals surface area contributed by atoms with Crippen LogP contribution in [0.2, 0.25) is 0 Å². The molecule has 1 aromatic carbocycles. The second kappa shape index (κ2) is 6.00. The third-order valence-corrected chi connectivity index (χ3v) is 5.30. The predicted molar refractivity (Wildman–Crippen MR) is 80.6 cm³/mol. The summed E-state index contributed by atoms with van der Waals surface area (Å²) in [4.78, 5) is 14.6. The number of carbonyl (C=O) groups is 1. The SMILES string of the molecule is COc1cc(C(=O)O)ccc1S(=O)(=O)Nc1ncc(Br)s1. The molecular weight excluding hydrogens is 384 g/mol. The number of carboxylic acid groups (broad SMARTS) is 1. The van der Waals surface area contributed by atoms with E-state index in [1.807, 2.05) is 0 Å². The van der Waals surface area contributed by atoms with E-state index in [0.717, 1.165) is 17.4 Å². The quantitative estimate of drug-likeness (QED) is 0.808. The number of halogens is 1. The molecule has 0 saturated carbocycles. The van der Waals surface area contributed by atoms with Crippen LogP contribution in [-0.4, -0.2) is 31.6 Å². The van der Waals surface area contributed by atoms with Crippen molar-refractivity contribution in [2.45, 2.75) is 4.90 Å². The summed E-state index contributed by atoms with van der Waals surface area (Å²) >= 11 is 4.29. The third kappa shape index (κ3) is 3.52. The molecule has 0 spiro atoms. The first-order valence-corrected chi connectivity index (χ1v) is 8.48. The van der Waals surface area contributed by atoms with E-state index in [9.17, 15) is 13.2 Å². The number of benzene rings is 1. The largest absolute Gasteiger partial charge is 0.495 e. The summed E-state index contributed by atoms with van der Waals surface area (Å²) in [5, 5.41) is 9.09. The van der Waals surface area contributed by atoms with Crippen molar-refractivity contribution < 1.29 is 23.1 Å². The lowest BCUT2D eigenvalue weighted by molar-refractivity contribution is 0.0696. The summed E-state index contributed by atoms with van der Waals surface area (Å²) in [6, 6.07) is 3.51. The van der Waals surface area contributed by atoms with Gasteiger partial charge in [-0.1, -0.05) is 11.3 Å². The van der Waals surface area contributed by atoms with Gasteiger partial charge in [-0.05, 0) is 34.1 Å². The van der Waals surface area contributed by atoms with Crippen molar-refractivity contribution in [2.75, 3.05) is 11.8 Å². The Morgan fingerprint density at radius 1 is 1.48 bits per heavy atom. The maximum atomic E-state index is 12.3. The summed E-state index contributed by atoms with van der Waals surface area (Å²) in [6.45, 7) is 0. The van der Waals surface area contributed by atoms with E-state index < -0.39 is 16.0 Å². The van der Waals surface area contributed by atoms with Gasteiger partial charge in [0.25, 0.3) is 10.0 Å². The molecule has 0 radical (unpaired) electrons. The average Bonchev–Trinajstić information content (AvgIpc) is 2.82. The summed E-state index contributed by atoms with van der Waals surface area (Å²) in [6.07, 6.45) is 1.47. The normalized spacial score (nSPS) is 11.1. The van der Waals surface area contributed by atoms with Crippen molar-refractivity contribution in [2.24, 2.45) is 0 Å². The van der Waals surface area contributed by atoms with Crippen LogP contribution in [0.25, 0.3) is 0 Å². The number of aromatic nitrogens is 1. The van der Waals surface area contributed by atoms with Crippen LogP contribution in [0.3, 0.4) is 0 Å². The zero-order valence-corrected chi connectivity index (χ0v) is 13.8. The van der Waals surface area contributed by atoms with Gasteiger partial charge in [-0.2, -0.15) is 0 Å². The number of hydrogen-bond acceptors (Lipinski definition) is 6. The fraction of sp³-hybridized carbons (Fsp3) is 0.0909. The minimum atomic E-state index is -3.93. The molecule has 1 heterocycles. The molecule has 0 amide bonds. The Labute approximate surface area is 132 Å². The molecule has 2 N–H and O–H groups in total. The lowest BCUT2D eigenvalue weighted by Gasteiger charge is -2.10. The number of nitrogens with one attached hydrogen (secondary N) is 1. The van der Waals surface area contributed by atoms with E-state index in [4.69, 9.17) is 9.84 Å². The van der Waals surface area contributed by atoms with Crippen LogP contribution in [0.4, 0.5) is 5.13 Å². The first kappa shape index (κ1) is 15.7. The van der Waals surface area contributed by atoms with Gasteiger partial charge in [0, 0.05) is 0 Å². The number of rotatable bonds is 5. The molecule has 2 rings (SSSR count). The van der Waals surface area contributed by atoms with Gasteiger partial charge in [-0.25, -0.2) is 18.2 Å². The van der Waals surface area contributed by atoms with E-state index in [2.05, 4.69) is 25.6 Å². The molecule has 0 aliphatic carbocycles. The van der Waals surface area contributed by atoms with Gasteiger partial charge in [0.05, 0.1) is 22.7 Å². The van der Waals surface area contributed by atoms with Gasteiger partial charge >= 0.3 is 5.97 Å². The molecule has 0 unspecified atom stereocenters. The van der Waals surface area contributed by atoms with E-state index in [1.54, 1.807) is 0 Å².